The topological polar surface area (TPSA) is 29.5 Å². The molecular formula is C17H18INO2. The molecule has 0 bridgehead atoms. The maximum Gasteiger partial charge on any atom is 0.259 e. The molecule has 0 heterocycles. The van der Waals surface area contributed by atoms with Crippen LogP contribution in [0.1, 0.15) is 24.2 Å². The van der Waals surface area contributed by atoms with Crippen molar-refractivity contribution in [2.24, 2.45) is 0 Å². The zero-order valence-corrected chi connectivity index (χ0v) is 14.5. The van der Waals surface area contributed by atoms with Gasteiger partial charge in [0.1, 0.15) is 5.75 Å². The zero-order chi connectivity index (χ0) is 15.4. The van der Waals surface area contributed by atoms with Gasteiger partial charge < -0.3 is 9.64 Å². The quantitative estimate of drug-likeness (QED) is 0.721. The molecule has 0 atom stereocenters. The maximum atomic E-state index is 12.6. The van der Waals surface area contributed by atoms with Crippen LogP contribution >= 0.6 is 22.6 Å². The van der Waals surface area contributed by atoms with Gasteiger partial charge in [0.2, 0.25) is 0 Å². The number of amides is 1. The molecule has 0 aliphatic heterocycles. The number of anilines is 1. The molecule has 2 aromatic carbocycles. The van der Waals surface area contributed by atoms with E-state index < -0.39 is 0 Å². The van der Waals surface area contributed by atoms with Crippen LogP contribution in [0, 0.1) is 3.57 Å². The molecule has 0 N–H and O–H groups in total. The molecule has 0 saturated carbocycles. The molecule has 21 heavy (non-hydrogen) atoms. The predicted molar refractivity (Wildman–Crippen MR) is 94.1 cm³/mol. The minimum atomic E-state index is -0.0262. The van der Waals surface area contributed by atoms with Crippen LogP contribution in [0.3, 0.4) is 0 Å². The number of halogens is 1. The van der Waals surface area contributed by atoms with Gasteiger partial charge in [0, 0.05) is 22.4 Å². The van der Waals surface area contributed by atoms with Gasteiger partial charge in [-0.1, -0.05) is 18.2 Å². The van der Waals surface area contributed by atoms with Gasteiger partial charge in [0.15, 0.2) is 0 Å². The van der Waals surface area contributed by atoms with Crippen molar-refractivity contribution >= 4 is 34.2 Å². The van der Waals surface area contributed by atoms with Gasteiger partial charge in [-0.05, 0) is 60.7 Å². The van der Waals surface area contributed by atoms with E-state index in [1.807, 2.05) is 62.4 Å². The Morgan fingerprint density at radius 3 is 2.52 bits per heavy atom. The van der Waals surface area contributed by atoms with E-state index in [0.717, 1.165) is 15.0 Å². The number of carbonyl (C=O) groups excluding carboxylic acids is 1. The molecule has 0 fully saturated rings. The first kappa shape index (κ1) is 15.8. The predicted octanol–water partition coefficient (Wildman–Crippen LogP) is 4.36. The van der Waals surface area contributed by atoms with Crippen molar-refractivity contribution in [1.29, 1.82) is 0 Å². The summed E-state index contributed by atoms with van der Waals surface area (Å²) >= 11 is 2.18. The van der Waals surface area contributed by atoms with E-state index in [0.29, 0.717) is 5.56 Å². The number of hydrogen-bond acceptors (Lipinski definition) is 2. The van der Waals surface area contributed by atoms with Crippen LogP contribution in [0.2, 0.25) is 0 Å². The second kappa shape index (κ2) is 6.93. The third kappa shape index (κ3) is 3.97. The monoisotopic (exact) mass is 395 g/mol. The standard InChI is InChI=1S/C17H18INO2/c1-12(2)21-14-8-6-7-13(11-14)19(3)17(20)15-9-4-5-10-16(15)18/h4-12H,1-3H3. The molecular weight excluding hydrogens is 377 g/mol. The molecule has 0 spiro atoms. The van der Waals surface area contributed by atoms with Crippen molar-refractivity contribution in [1.82, 2.24) is 0 Å². The number of hydrogen-bond donors (Lipinski definition) is 0. The van der Waals surface area contributed by atoms with Crippen LogP contribution in [0.15, 0.2) is 48.5 Å². The van der Waals surface area contributed by atoms with E-state index in [9.17, 15) is 4.79 Å². The lowest BCUT2D eigenvalue weighted by Gasteiger charge is -2.19. The highest BCUT2D eigenvalue weighted by molar-refractivity contribution is 14.1. The summed E-state index contributed by atoms with van der Waals surface area (Å²) in [4.78, 5) is 14.2. The van der Waals surface area contributed by atoms with Crippen LogP contribution in [0.5, 0.6) is 5.75 Å². The minimum Gasteiger partial charge on any atom is -0.491 e. The van der Waals surface area contributed by atoms with Gasteiger partial charge in [-0.2, -0.15) is 0 Å². The van der Waals surface area contributed by atoms with E-state index >= 15 is 0 Å². The fourth-order valence-electron chi connectivity index (χ4n) is 1.97. The Labute approximate surface area is 139 Å². The number of rotatable bonds is 4. The molecule has 110 valence electrons. The Morgan fingerprint density at radius 2 is 1.86 bits per heavy atom. The Hall–Kier alpha value is -1.56. The highest BCUT2D eigenvalue weighted by Gasteiger charge is 2.16. The lowest BCUT2D eigenvalue weighted by molar-refractivity contribution is 0.0992. The van der Waals surface area contributed by atoms with E-state index in [-0.39, 0.29) is 12.0 Å². The third-order valence-electron chi connectivity index (χ3n) is 2.99. The Bertz CT molecular complexity index is 640. The van der Waals surface area contributed by atoms with Gasteiger partial charge in [0.05, 0.1) is 11.7 Å². The molecule has 2 aromatic rings. The molecule has 3 nitrogen and oxygen atoms in total. The third-order valence-corrected chi connectivity index (χ3v) is 3.93. The molecule has 0 aliphatic carbocycles. The first-order valence-electron chi connectivity index (χ1n) is 6.78. The molecule has 0 aliphatic rings. The van der Waals surface area contributed by atoms with E-state index in [1.165, 1.54) is 0 Å². The van der Waals surface area contributed by atoms with Crippen molar-refractivity contribution in [2.45, 2.75) is 20.0 Å². The van der Waals surface area contributed by atoms with Crippen molar-refractivity contribution in [2.75, 3.05) is 11.9 Å². The number of carbonyl (C=O) groups is 1. The number of benzene rings is 2. The lowest BCUT2D eigenvalue weighted by atomic mass is 10.2. The first-order chi connectivity index (χ1) is 9.99. The minimum absolute atomic E-state index is 0.0262. The van der Waals surface area contributed by atoms with Crippen LogP contribution < -0.4 is 9.64 Å². The molecule has 0 radical (unpaired) electrons. The summed E-state index contributed by atoms with van der Waals surface area (Å²) in [6, 6.07) is 15.2. The summed E-state index contributed by atoms with van der Waals surface area (Å²) in [5.74, 6) is 0.742. The van der Waals surface area contributed by atoms with Crippen molar-refractivity contribution < 1.29 is 9.53 Å². The van der Waals surface area contributed by atoms with E-state index in [2.05, 4.69) is 22.6 Å². The summed E-state index contributed by atoms with van der Waals surface area (Å²) in [6.45, 7) is 3.96. The Morgan fingerprint density at radius 1 is 1.14 bits per heavy atom. The second-order valence-electron chi connectivity index (χ2n) is 5.01. The Kier molecular flexibility index (Phi) is 5.22. The molecule has 4 heteroatoms. The second-order valence-corrected chi connectivity index (χ2v) is 6.17. The number of ether oxygens (including phenoxy) is 1. The summed E-state index contributed by atoms with van der Waals surface area (Å²) in [5.41, 5.74) is 1.52. The summed E-state index contributed by atoms with van der Waals surface area (Å²) < 4.78 is 6.62. The first-order valence-corrected chi connectivity index (χ1v) is 7.86. The van der Waals surface area contributed by atoms with E-state index in [4.69, 9.17) is 4.74 Å². The van der Waals surface area contributed by atoms with Crippen LogP contribution in [-0.4, -0.2) is 19.1 Å². The zero-order valence-electron chi connectivity index (χ0n) is 12.3. The van der Waals surface area contributed by atoms with Crippen molar-refractivity contribution in [3.05, 3.63) is 57.7 Å². The maximum absolute atomic E-state index is 12.6. The Balaban J connectivity index is 2.25. The highest BCUT2D eigenvalue weighted by Crippen LogP contribution is 2.23. The molecule has 1 amide bonds. The van der Waals surface area contributed by atoms with Gasteiger partial charge in [-0.3, -0.25) is 4.79 Å². The molecule has 0 aromatic heterocycles. The molecule has 0 unspecified atom stereocenters. The fourth-order valence-corrected chi connectivity index (χ4v) is 2.59. The average Bonchev–Trinajstić information content (AvgIpc) is 2.46. The highest BCUT2D eigenvalue weighted by atomic mass is 127. The molecule has 0 saturated heterocycles. The largest absolute Gasteiger partial charge is 0.491 e. The summed E-state index contributed by atoms with van der Waals surface area (Å²) in [6.07, 6.45) is 0.108. The van der Waals surface area contributed by atoms with Crippen molar-refractivity contribution in [3.8, 4) is 5.75 Å². The van der Waals surface area contributed by atoms with Crippen LogP contribution in [0.25, 0.3) is 0 Å². The van der Waals surface area contributed by atoms with Gasteiger partial charge >= 0.3 is 0 Å². The SMILES string of the molecule is CC(C)Oc1cccc(N(C)C(=O)c2ccccc2I)c1. The fraction of sp³-hybridized carbons (Fsp3) is 0.235. The lowest BCUT2D eigenvalue weighted by Crippen LogP contribution is -2.27. The molecule has 2 rings (SSSR count). The summed E-state index contributed by atoms with van der Waals surface area (Å²) in [5, 5.41) is 0. The van der Waals surface area contributed by atoms with Gasteiger partial charge in [-0.25, -0.2) is 0 Å². The summed E-state index contributed by atoms with van der Waals surface area (Å²) in [7, 11) is 1.78. The van der Waals surface area contributed by atoms with E-state index in [1.54, 1.807) is 11.9 Å². The van der Waals surface area contributed by atoms with Crippen molar-refractivity contribution in [3.63, 3.8) is 0 Å². The van der Waals surface area contributed by atoms with Gasteiger partial charge in [-0.15, -0.1) is 0 Å². The van der Waals surface area contributed by atoms with Crippen LogP contribution in [0.4, 0.5) is 5.69 Å². The number of nitrogens with zero attached hydrogens (tertiary/aromatic N) is 1. The van der Waals surface area contributed by atoms with Gasteiger partial charge in [0.25, 0.3) is 5.91 Å². The van der Waals surface area contributed by atoms with Crippen LogP contribution in [-0.2, 0) is 0 Å². The smallest absolute Gasteiger partial charge is 0.259 e. The normalized spacial score (nSPS) is 10.5. The average molecular weight is 395 g/mol.